The van der Waals surface area contributed by atoms with Crippen LogP contribution < -0.4 is 10.5 Å². The molecule has 0 spiro atoms. The first kappa shape index (κ1) is 22.1. The molecule has 1 aliphatic rings. The Labute approximate surface area is 161 Å². The molecule has 2 rings (SSSR count). The Morgan fingerprint density at radius 1 is 1.32 bits per heavy atom. The monoisotopic (exact) mass is 388 g/mol. The van der Waals surface area contributed by atoms with E-state index in [2.05, 4.69) is 0 Å². The molecule has 1 atom stereocenters. The van der Waals surface area contributed by atoms with E-state index in [1.165, 1.54) is 0 Å². The minimum Gasteiger partial charge on any atom is -0.497 e. The zero-order valence-electron chi connectivity index (χ0n) is 15.0. The summed E-state index contributed by atoms with van der Waals surface area (Å²) in [5.41, 5.74) is 5.48. The van der Waals surface area contributed by atoms with Crippen molar-refractivity contribution < 1.29 is 14.3 Å². The number of thioether (sulfide) groups is 1. The zero-order valence-corrected chi connectivity index (χ0v) is 16.6. The van der Waals surface area contributed by atoms with Crippen LogP contribution in [0.4, 0.5) is 0 Å². The van der Waals surface area contributed by atoms with E-state index in [9.17, 15) is 4.79 Å². The van der Waals surface area contributed by atoms with Crippen molar-refractivity contribution in [3.05, 3.63) is 24.3 Å². The maximum absolute atomic E-state index is 12.6. The third-order valence-corrected chi connectivity index (χ3v) is 5.28. The van der Waals surface area contributed by atoms with Crippen LogP contribution in [0.3, 0.4) is 0 Å². The van der Waals surface area contributed by atoms with Crippen LogP contribution in [0.2, 0.25) is 0 Å². The molecule has 1 amide bonds. The first-order chi connectivity index (χ1) is 11.6. The average molecular weight is 389 g/mol. The summed E-state index contributed by atoms with van der Waals surface area (Å²) in [6, 6.07) is 7.82. The number of hydrogen-bond acceptors (Lipinski definition) is 5. The Balaban J connectivity index is 0.00000312. The van der Waals surface area contributed by atoms with Gasteiger partial charge in [0.05, 0.1) is 18.5 Å². The quantitative estimate of drug-likeness (QED) is 0.548. The van der Waals surface area contributed by atoms with Crippen molar-refractivity contribution in [2.45, 2.75) is 42.4 Å². The number of amides is 1. The number of nitrogens with two attached hydrogens (primary N) is 1. The van der Waals surface area contributed by atoms with Crippen LogP contribution >= 0.6 is 24.2 Å². The number of carbonyl (C=O) groups is 1. The average Bonchev–Trinajstić information content (AvgIpc) is 2.62. The lowest BCUT2D eigenvalue weighted by atomic mass is 10.1. The van der Waals surface area contributed by atoms with Crippen molar-refractivity contribution in [2.24, 2.45) is 5.73 Å². The van der Waals surface area contributed by atoms with Gasteiger partial charge in [-0.25, -0.2) is 0 Å². The predicted octanol–water partition coefficient (Wildman–Crippen LogP) is 2.95. The topological polar surface area (TPSA) is 64.8 Å². The molecule has 1 unspecified atom stereocenters. The van der Waals surface area contributed by atoms with Gasteiger partial charge in [0.25, 0.3) is 0 Å². The molecule has 1 fully saturated rings. The molecule has 0 radical (unpaired) electrons. The van der Waals surface area contributed by atoms with Gasteiger partial charge in [-0.3, -0.25) is 4.79 Å². The van der Waals surface area contributed by atoms with Crippen molar-refractivity contribution in [2.75, 3.05) is 33.4 Å². The number of likely N-dealkylation sites (tertiary alicyclic amines) is 1. The number of benzene rings is 1. The third kappa shape index (κ3) is 7.05. The molecule has 142 valence electrons. The maximum Gasteiger partial charge on any atom is 0.235 e. The van der Waals surface area contributed by atoms with Crippen LogP contribution in [-0.2, 0) is 9.53 Å². The summed E-state index contributed by atoms with van der Waals surface area (Å²) < 4.78 is 11.0. The molecule has 0 aliphatic carbocycles. The van der Waals surface area contributed by atoms with Gasteiger partial charge in [0.15, 0.2) is 0 Å². The van der Waals surface area contributed by atoms with Gasteiger partial charge in [-0.2, -0.15) is 0 Å². The smallest absolute Gasteiger partial charge is 0.235 e. The minimum absolute atomic E-state index is 0. The highest BCUT2D eigenvalue weighted by molar-refractivity contribution is 8.00. The molecule has 1 saturated heterocycles. The van der Waals surface area contributed by atoms with Gasteiger partial charge in [0, 0.05) is 24.6 Å². The summed E-state index contributed by atoms with van der Waals surface area (Å²) in [6.07, 6.45) is 2.99. The molecular formula is C18H29ClN2O3S. The molecule has 7 heteroatoms. The van der Waals surface area contributed by atoms with Crippen LogP contribution in [-0.4, -0.2) is 55.5 Å². The number of piperidine rings is 1. The maximum atomic E-state index is 12.6. The number of rotatable bonds is 8. The van der Waals surface area contributed by atoms with E-state index in [1.54, 1.807) is 18.9 Å². The highest BCUT2D eigenvalue weighted by Crippen LogP contribution is 2.27. The number of nitrogens with zero attached hydrogens (tertiary/aromatic N) is 1. The number of ether oxygens (including phenoxy) is 2. The Bertz CT molecular complexity index is 508. The van der Waals surface area contributed by atoms with Gasteiger partial charge in [-0.15, -0.1) is 24.2 Å². The van der Waals surface area contributed by atoms with E-state index in [-0.39, 0.29) is 29.7 Å². The van der Waals surface area contributed by atoms with E-state index >= 15 is 0 Å². The molecule has 1 aromatic rings. The number of methoxy groups -OCH3 is 1. The van der Waals surface area contributed by atoms with Crippen LogP contribution in [0.15, 0.2) is 29.2 Å². The van der Waals surface area contributed by atoms with E-state index in [1.807, 2.05) is 36.1 Å². The third-order valence-electron chi connectivity index (χ3n) is 4.18. The SMILES string of the molecule is COc1ccc(SC(C)C(=O)N2CCC(OCCCN)CC2)cc1.Cl. The molecule has 0 saturated carbocycles. The van der Waals surface area contributed by atoms with Crippen LogP contribution in [0, 0.1) is 0 Å². The second-order valence-corrected chi connectivity index (χ2v) is 7.39. The standard InChI is InChI=1S/C18H28N2O3S.ClH/c1-14(24-17-6-4-15(22-2)5-7-17)18(21)20-11-8-16(9-12-20)23-13-3-10-19;/h4-7,14,16H,3,8-13,19H2,1-2H3;1H. The first-order valence-corrected chi connectivity index (χ1v) is 9.43. The second-order valence-electron chi connectivity index (χ2n) is 5.97. The van der Waals surface area contributed by atoms with Gasteiger partial charge in [-0.1, -0.05) is 0 Å². The Morgan fingerprint density at radius 3 is 2.52 bits per heavy atom. The zero-order chi connectivity index (χ0) is 17.4. The Morgan fingerprint density at radius 2 is 1.96 bits per heavy atom. The van der Waals surface area contributed by atoms with Crippen LogP contribution in [0.25, 0.3) is 0 Å². The fraction of sp³-hybridized carbons (Fsp3) is 0.611. The van der Waals surface area contributed by atoms with Gasteiger partial charge in [0.2, 0.25) is 5.91 Å². The fourth-order valence-electron chi connectivity index (χ4n) is 2.74. The normalized spacial score (nSPS) is 16.2. The van der Waals surface area contributed by atoms with E-state index in [4.69, 9.17) is 15.2 Å². The minimum atomic E-state index is -0.0897. The molecule has 5 nitrogen and oxygen atoms in total. The van der Waals surface area contributed by atoms with Crippen molar-refractivity contribution in [1.29, 1.82) is 0 Å². The van der Waals surface area contributed by atoms with E-state index < -0.39 is 0 Å². The van der Waals surface area contributed by atoms with Gasteiger partial charge >= 0.3 is 0 Å². The Kier molecular flexibility index (Phi) is 10.3. The number of hydrogen-bond donors (Lipinski definition) is 1. The molecular weight excluding hydrogens is 360 g/mol. The second kappa shape index (κ2) is 11.6. The lowest BCUT2D eigenvalue weighted by Crippen LogP contribution is -2.44. The van der Waals surface area contributed by atoms with E-state index in [0.29, 0.717) is 6.54 Å². The molecule has 1 aliphatic heterocycles. The summed E-state index contributed by atoms with van der Waals surface area (Å²) in [4.78, 5) is 15.7. The van der Waals surface area contributed by atoms with Crippen molar-refractivity contribution >= 4 is 30.1 Å². The van der Waals surface area contributed by atoms with Crippen molar-refractivity contribution in [1.82, 2.24) is 4.90 Å². The molecule has 1 heterocycles. The molecule has 0 aromatic heterocycles. The summed E-state index contributed by atoms with van der Waals surface area (Å²) in [6.45, 7) is 4.91. The lowest BCUT2D eigenvalue weighted by Gasteiger charge is -2.33. The van der Waals surface area contributed by atoms with Crippen LogP contribution in [0.1, 0.15) is 26.2 Å². The first-order valence-electron chi connectivity index (χ1n) is 8.55. The summed E-state index contributed by atoms with van der Waals surface area (Å²) >= 11 is 1.59. The highest BCUT2D eigenvalue weighted by atomic mass is 35.5. The fourth-order valence-corrected chi connectivity index (χ4v) is 3.69. The van der Waals surface area contributed by atoms with Gasteiger partial charge in [-0.05, 0) is 57.0 Å². The highest BCUT2D eigenvalue weighted by Gasteiger charge is 2.26. The number of carbonyl (C=O) groups excluding carboxylic acids is 1. The van der Waals surface area contributed by atoms with Crippen LogP contribution in [0.5, 0.6) is 5.75 Å². The summed E-state index contributed by atoms with van der Waals surface area (Å²) in [5.74, 6) is 1.03. The Hall–Kier alpha value is -0.950. The summed E-state index contributed by atoms with van der Waals surface area (Å²) in [7, 11) is 1.65. The predicted molar refractivity (Wildman–Crippen MR) is 105 cm³/mol. The molecule has 1 aromatic carbocycles. The lowest BCUT2D eigenvalue weighted by molar-refractivity contribution is -0.132. The molecule has 0 bridgehead atoms. The molecule has 25 heavy (non-hydrogen) atoms. The summed E-state index contributed by atoms with van der Waals surface area (Å²) in [5, 5.41) is -0.0897. The van der Waals surface area contributed by atoms with Gasteiger partial charge < -0.3 is 20.1 Å². The van der Waals surface area contributed by atoms with Crippen molar-refractivity contribution in [3.63, 3.8) is 0 Å². The largest absolute Gasteiger partial charge is 0.497 e. The van der Waals surface area contributed by atoms with Crippen molar-refractivity contribution in [3.8, 4) is 5.75 Å². The van der Waals surface area contributed by atoms with E-state index in [0.717, 1.165) is 49.6 Å². The van der Waals surface area contributed by atoms with Gasteiger partial charge in [0.1, 0.15) is 5.75 Å². The molecule has 2 N–H and O–H groups in total. The number of halogens is 1.